The zero-order valence-electron chi connectivity index (χ0n) is 5.24. The fraction of sp³-hybridized carbons (Fsp3) is 0.167. The van der Waals surface area contributed by atoms with Gasteiger partial charge in [0.15, 0.2) is 5.82 Å². The van der Waals surface area contributed by atoms with Crippen molar-refractivity contribution in [2.45, 2.75) is 6.92 Å². The number of nitrogens with one attached hydrogen (secondary N) is 1. The predicted molar refractivity (Wildman–Crippen MR) is 36.8 cm³/mol. The number of pyridine rings is 1. The molecular weight excluding hydrogens is 157 g/mol. The molecule has 1 N–H and O–H groups in total. The van der Waals surface area contributed by atoms with Crippen LogP contribution in [-0.2, 0) is 0 Å². The lowest BCUT2D eigenvalue weighted by Crippen LogP contribution is -2.11. The van der Waals surface area contributed by atoms with Gasteiger partial charge in [-0.05, 0) is 6.92 Å². The van der Waals surface area contributed by atoms with Gasteiger partial charge in [-0.25, -0.2) is 4.39 Å². The summed E-state index contributed by atoms with van der Waals surface area (Å²) in [6.07, 6.45) is 1.27. The molecule has 0 aliphatic rings. The van der Waals surface area contributed by atoms with Gasteiger partial charge >= 0.3 is 0 Å². The average molecular weight is 162 g/mol. The van der Waals surface area contributed by atoms with Crippen LogP contribution in [0.4, 0.5) is 4.39 Å². The summed E-state index contributed by atoms with van der Waals surface area (Å²) in [5, 5.41) is 0.233. The van der Waals surface area contributed by atoms with Gasteiger partial charge < -0.3 is 4.98 Å². The molecule has 0 unspecified atom stereocenters. The first-order valence-electron chi connectivity index (χ1n) is 2.66. The monoisotopic (exact) mass is 161 g/mol. The van der Waals surface area contributed by atoms with Gasteiger partial charge in [0, 0.05) is 11.8 Å². The van der Waals surface area contributed by atoms with Crippen LogP contribution in [0.2, 0.25) is 5.02 Å². The van der Waals surface area contributed by atoms with E-state index in [1.165, 1.54) is 13.1 Å². The van der Waals surface area contributed by atoms with Crippen molar-refractivity contribution in [2.75, 3.05) is 0 Å². The molecule has 0 amide bonds. The van der Waals surface area contributed by atoms with Crippen molar-refractivity contribution in [3.63, 3.8) is 0 Å². The Morgan fingerprint density at radius 2 is 2.30 bits per heavy atom. The number of halogens is 2. The van der Waals surface area contributed by atoms with E-state index in [0.717, 1.165) is 0 Å². The highest BCUT2D eigenvalue weighted by atomic mass is 35.5. The molecule has 2 nitrogen and oxygen atoms in total. The number of aromatic nitrogens is 1. The highest BCUT2D eigenvalue weighted by Crippen LogP contribution is 2.12. The number of hydrogen-bond donors (Lipinski definition) is 1. The molecule has 0 saturated carbocycles. The van der Waals surface area contributed by atoms with Gasteiger partial charge in [-0.3, -0.25) is 4.79 Å². The molecule has 0 aromatic carbocycles. The van der Waals surface area contributed by atoms with Crippen molar-refractivity contribution >= 4 is 11.6 Å². The number of aromatic amines is 1. The summed E-state index contributed by atoms with van der Waals surface area (Å²) in [5.74, 6) is -0.812. The number of rotatable bonds is 0. The Morgan fingerprint density at radius 1 is 1.70 bits per heavy atom. The molecule has 4 heteroatoms. The maximum absolute atomic E-state index is 12.6. The highest BCUT2D eigenvalue weighted by Gasteiger charge is 2.04. The Balaban J connectivity index is 3.49. The van der Waals surface area contributed by atoms with E-state index in [1.807, 2.05) is 0 Å². The standard InChI is InChI=1S/C6H5ClFNO/c1-3-4(7)2-9-6(10)5(3)8/h2H,1H3,(H,9,10). The van der Waals surface area contributed by atoms with Crippen LogP contribution in [0.1, 0.15) is 5.56 Å². The zero-order chi connectivity index (χ0) is 7.72. The van der Waals surface area contributed by atoms with Crippen molar-refractivity contribution in [3.8, 4) is 0 Å². The fourth-order valence-electron chi connectivity index (χ4n) is 0.576. The molecule has 1 rings (SSSR count). The molecule has 0 radical (unpaired) electrons. The molecule has 10 heavy (non-hydrogen) atoms. The molecule has 0 spiro atoms. The summed E-state index contributed by atoms with van der Waals surface area (Å²) in [5.41, 5.74) is -0.549. The average Bonchev–Trinajstić information content (AvgIpc) is 1.93. The summed E-state index contributed by atoms with van der Waals surface area (Å²) in [7, 11) is 0. The van der Waals surface area contributed by atoms with Gasteiger partial charge in [-0.1, -0.05) is 11.6 Å². The lowest BCUT2D eigenvalue weighted by atomic mass is 10.3. The molecule has 0 fully saturated rings. The molecule has 54 valence electrons. The topological polar surface area (TPSA) is 32.9 Å². The Bertz CT molecular complexity index is 307. The number of H-pyrrole nitrogens is 1. The summed E-state index contributed by atoms with van der Waals surface area (Å²) >= 11 is 5.48. The van der Waals surface area contributed by atoms with Crippen LogP contribution in [0.3, 0.4) is 0 Å². The third kappa shape index (κ3) is 1.04. The Morgan fingerprint density at radius 3 is 2.80 bits per heavy atom. The van der Waals surface area contributed by atoms with Gasteiger partial charge in [0.2, 0.25) is 0 Å². The summed E-state index contributed by atoms with van der Waals surface area (Å²) in [6.45, 7) is 1.45. The van der Waals surface area contributed by atoms with Crippen LogP contribution in [0.5, 0.6) is 0 Å². The van der Waals surface area contributed by atoms with E-state index in [2.05, 4.69) is 4.98 Å². The van der Waals surface area contributed by atoms with E-state index in [0.29, 0.717) is 0 Å². The van der Waals surface area contributed by atoms with E-state index in [1.54, 1.807) is 0 Å². The van der Waals surface area contributed by atoms with Crippen molar-refractivity contribution in [1.82, 2.24) is 4.98 Å². The van der Waals surface area contributed by atoms with E-state index in [-0.39, 0.29) is 10.6 Å². The third-order valence-electron chi connectivity index (χ3n) is 1.22. The molecule has 1 aromatic heterocycles. The highest BCUT2D eigenvalue weighted by molar-refractivity contribution is 6.31. The Labute approximate surface area is 61.6 Å². The first kappa shape index (κ1) is 7.28. The van der Waals surface area contributed by atoms with Gasteiger partial charge in [0.1, 0.15) is 0 Å². The summed E-state index contributed by atoms with van der Waals surface area (Å²) in [6, 6.07) is 0. The largest absolute Gasteiger partial charge is 0.325 e. The third-order valence-corrected chi connectivity index (χ3v) is 1.61. The molecule has 0 atom stereocenters. The van der Waals surface area contributed by atoms with Gasteiger partial charge in [0.05, 0.1) is 5.02 Å². The van der Waals surface area contributed by atoms with Crippen LogP contribution < -0.4 is 5.56 Å². The van der Waals surface area contributed by atoms with E-state index >= 15 is 0 Å². The smallest absolute Gasteiger partial charge is 0.284 e. The zero-order valence-corrected chi connectivity index (χ0v) is 6.00. The second-order valence-electron chi connectivity index (χ2n) is 1.90. The number of hydrogen-bond acceptors (Lipinski definition) is 1. The predicted octanol–water partition coefficient (Wildman–Crippen LogP) is 1.48. The van der Waals surface area contributed by atoms with Gasteiger partial charge in [0.25, 0.3) is 5.56 Å². The normalized spacial score (nSPS) is 9.90. The van der Waals surface area contributed by atoms with Crippen LogP contribution in [0.15, 0.2) is 11.0 Å². The molecule has 0 bridgehead atoms. The molecule has 1 aromatic rings. The van der Waals surface area contributed by atoms with E-state index < -0.39 is 11.4 Å². The molecule has 0 aliphatic carbocycles. The minimum Gasteiger partial charge on any atom is -0.325 e. The second-order valence-corrected chi connectivity index (χ2v) is 2.31. The minimum atomic E-state index is -0.812. The lowest BCUT2D eigenvalue weighted by molar-refractivity contribution is 0.599. The van der Waals surface area contributed by atoms with Crippen molar-refractivity contribution < 1.29 is 4.39 Å². The van der Waals surface area contributed by atoms with E-state index in [4.69, 9.17) is 11.6 Å². The summed E-state index contributed by atoms with van der Waals surface area (Å²) in [4.78, 5) is 12.6. The van der Waals surface area contributed by atoms with Crippen molar-refractivity contribution in [1.29, 1.82) is 0 Å². The van der Waals surface area contributed by atoms with Crippen molar-refractivity contribution in [3.05, 3.63) is 33.0 Å². The van der Waals surface area contributed by atoms with E-state index in [9.17, 15) is 9.18 Å². The van der Waals surface area contributed by atoms with Crippen LogP contribution >= 0.6 is 11.6 Å². The lowest BCUT2D eigenvalue weighted by Gasteiger charge is -1.95. The quantitative estimate of drug-likeness (QED) is 0.614. The van der Waals surface area contributed by atoms with Crippen molar-refractivity contribution in [2.24, 2.45) is 0 Å². The SMILES string of the molecule is Cc1c(Cl)c[nH]c(=O)c1F. The Hall–Kier alpha value is -0.830. The maximum Gasteiger partial charge on any atom is 0.284 e. The van der Waals surface area contributed by atoms with Crippen LogP contribution in [0, 0.1) is 12.7 Å². The molecule has 1 heterocycles. The van der Waals surface area contributed by atoms with Gasteiger partial charge in [-0.2, -0.15) is 0 Å². The first-order chi connectivity index (χ1) is 4.63. The van der Waals surface area contributed by atoms with Crippen LogP contribution in [0.25, 0.3) is 0 Å². The second kappa shape index (κ2) is 2.42. The fourth-order valence-corrected chi connectivity index (χ4v) is 0.713. The Kier molecular flexibility index (Phi) is 1.76. The van der Waals surface area contributed by atoms with Crippen LogP contribution in [-0.4, -0.2) is 4.98 Å². The first-order valence-corrected chi connectivity index (χ1v) is 3.04. The molecule has 0 saturated heterocycles. The minimum absolute atomic E-state index is 0.186. The van der Waals surface area contributed by atoms with Gasteiger partial charge in [-0.15, -0.1) is 0 Å². The molecule has 0 aliphatic heterocycles. The maximum atomic E-state index is 12.6. The summed E-state index contributed by atoms with van der Waals surface area (Å²) < 4.78 is 12.6. The molecular formula is C6H5ClFNO.